The molecule has 0 saturated carbocycles. The number of alkyl halides is 1. The van der Waals surface area contributed by atoms with Crippen LogP contribution in [0.15, 0.2) is 36.4 Å². The number of ether oxygens (including phenoxy) is 1. The molecule has 0 radical (unpaired) electrons. The molecule has 6 heteroatoms. The fraction of sp³-hybridized carbons (Fsp3) is 0.214. The minimum atomic E-state index is -1.20. The van der Waals surface area contributed by atoms with E-state index in [-0.39, 0.29) is 22.6 Å². The van der Waals surface area contributed by atoms with Gasteiger partial charge in [-0.25, -0.2) is 4.79 Å². The Balaban J connectivity index is 2.47. The summed E-state index contributed by atoms with van der Waals surface area (Å²) in [6.45, 7) is 3.64. The molecule has 0 spiro atoms. The number of rotatable bonds is 4. The second-order valence-electron chi connectivity index (χ2n) is 4.24. The van der Waals surface area contributed by atoms with Gasteiger partial charge in [0.25, 0.3) is 11.8 Å². The average molecular weight is 294 g/mol. The molecule has 0 unspecified atom stereocenters. The number of benzene rings is 1. The minimum Gasteiger partial charge on any atom is -0.467 e. The summed E-state index contributed by atoms with van der Waals surface area (Å²) in [4.78, 5) is 37.3. The van der Waals surface area contributed by atoms with Crippen LogP contribution in [0.25, 0.3) is 0 Å². The number of fused-ring (bicyclic) bond motifs is 1. The smallest absolute Gasteiger partial charge is 0.333 e. The second-order valence-corrected chi connectivity index (χ2v) is 4.51. The molecule has 1 aliphatic rings. The van der Waals surface area contributed by atoms with Gasteiger partial charge in [0, 0.05) is 5.88 Å². The predicted octanol–water partition coefficient (Wildman–Crippen LogP) is 1.62. The van der Waals surface area contributed by atoms with Crippen LogP contribution >= 0.6 is 11.6 Å². The maximum Gasteiger partial charge on any atom is 0.333 e. The molecule has 2 rings (SSSR count). The first-order valence-electron chi connectivity index (χ1n) is 5.81. The van der Waals surface area contributed by atoms with Crippen molar-refractivity contribution < 1.29 is 19.1 Å². The number of halogens is 1. The van der Waals surface area contributed by atoms with Crippen molar-refractivity contribution in [2.75, 3.05) is 13.0 Å². The summed E-state index contributed by atoms with van der Waals surface area (Å²) in [6, 6.07) is 5.17. The van der Waals surface area contributed by atoms with Gasteiger partial charge < -0.3 is 4.74 Å². The summed E-state index contributed by atoms with van der Waals surface area (Å²) in [5, 5.41) is 0. The van der Waals surface area contributed by atoms with Crippen molar-refractivity contribution in [3.63, 3.8) is 0 Å². The molecule has 0 bridgehead atoms. The van der Waals surface area contributed by atoms with Crippen LogP contribution in [0.1, 0.15) is 20.7 Å². The Morgan fingerprint density at radius 3 is 2.20 bits per heavy atom. The summed E-state index contributed by atoms with van der Waals surface area (Å²) < 4.78 is 4.64. The van der Waals surface area contributed by atoms with Crippen LogP contribution in [-0.4, -0.2) is 41.7 Å². The second kappa shape index (κ2) is 5.46. The molecule has 1 atom stereocenters. The molecular formula is C14H12ClNO4. The number of hydrogen-bond donors (Lipinski definition) is 0. The molecule has 1 heterocycles. The van der Waals surface area contributed by atoms with Gasteiger partial charge in [-0.2, -0.15) is 0 Å². The number of imide groups is 1. The number of nitrogens with zero attached hydrogens (tertiary/aromatic N) is 1. The first-order valence-corrected chi connectivity index (χ1v) is 6.34. The lowest BCUT2D eigenvalue weighted by Gasteiger charge is -2.24. The van der Waals surface area contributed by atoms with Crippen molar-refractivity contribution in [2.24, 2.45) is 0 Å². The molecule has 104 valence electrons. The maximum atomic E-state index is 12.3. The van der Waals surface area contributed by atoms with Gasteiger partial charge in [0.2, 0.25) is 0 Å². The van der Waals surface area contributed by atoms with Gasteiger partial charge in [-0.3, -0.25) is 14.5 Å². The van der Waals surface area contributed by atoms with E-state index in [0.29, 0.717) is 0 Å². The Labute approximate surface area is 120 Å². The lowest BCUT2D eigenvalue weighted by molar-refractivity contribution is -0.143. The number of amides is 2. The summed E-state index contributed by atoms with van der Waals surface area (Å²) >= 11 is 5.68. The Bertz CT molecular complexity index is 560. The van der Waals surface area contributed by atoms with Gasteiger partial charge in [0.15, 0.2) is 6.04 Å². The summed E-state index contributed by atoms with van der Waals surface area (Å²) in [5.74, 6) is -1.91. The third-order valence-electron chi connectivity index (χ3n) is 3.07. The molecule has 0 aliphatic carbocycles. The van der Waals surface area contributed by atoms with Crippen molar-refractivity contribution >= 4 is 29.4 Å². The summed E-state index contributed by atoms with van der Waals surface area (Å²) in [5.41, 5.74) is 0.746. The van der Waals surface area contributed by atoms with Gasteiger partial charge in [-0.15, -0.1) is 11.6 Å². The highest BCUT2D eigenvalue weighted by Gasteiger charge is 2.44. The van der Waals surface area contributed by atoms with Crippen LogP contribution in [0.3, 0.4) is 0 Å². The van der Waals surface area contributed by atoms with Crippen molar-refractivity contribution in [1.29, 1.82) is 0 Å². The first kappa shape index (κ1) is 14.3. The zero-order valence-electron chi connectivity index (χ0n) is 10.8. The van der Waals surface area contributed by atoms with E-state index in [1.54, 1.807) is 12.1 Å². The summed E-state index contributed by atoms with van der Waals surface area (Å²) in [7, 11) is 1.18. The van der Waals surface area contributed by atoms with Crippen molar-refractivity contribution in [1.82, 2.24) is 4.90 Å². The van der Waals surface area contributed by atoms with Gasteiger partial charge in [-0.1, -0.05) is 18.7 Å². The molecule has 2 amide bonds. The molecule has 0 aromatic heterocycles. The fourth-order valence-electron chi connectivity index (χ4n) is 2.08. The lowest BCUT2D eigenvalue weighted by atomic mass is 10.1. The third kappa shape index (κ3) is 2.10. The van der Waals surface area contributed by atoms with Gasteiger partial charge in [0.1, 0.15) is 0 Å². The highest BCUT2D eigenvalue weighted by molar-refractivity contribution is 6.24. The molecule has 20 heavy (non-hydrogen) atoms. The van der Waals surface area contributed by atoms with Gasteiger partial charge >= 0.3 is 5.97 Å². The summed E-state index contributed by atoms with van der Waals surface area (Å²) in [6.07, 6.45) is 0. The molecule has 0 fully saturated rings. The third-order valence-corrected chi connectivity index (χ3v) is 3.41. The van der Waals surface area contributed by atoms with Crippen LogP contribution in [0, 0.1) is 0 Å². The molecule has 1 aromatic rings. The first-order chi connectivity index (χ1) is 9.52. The van der Waals surface area contributed by atoms with Gasteiger partial charge in [-0.05, 0) is 17.7 Å². The molecule has 1 aromatic carbocycles. The Morgan fingerprint density at radius 1 is 1.30 bits per heavy atom. The molecule has 5 nitrogen and oxygen atoms in total. The molecular weight excluding hydrogens is 282 g/mol. The van der Waals surface area contributed by atoms with Crippen molar-refractivity contribution in [3.8, 4) is 0 Å². The normalized spacial score (nSPS) is 15.0. The predicted molar refractivity (Wildman–Crippen MR) is 72.6 cm³/mol. The zero-order valence-corrected chi connectivity index (χ0v) is 11.5. The van der Waals surface area contributed by atoms with Gasteiger partial charge in [0.05, 0.1) is 18.2 Å². The number of esters is 1. The van der Waals surface area contributed by atoms with E-state index in [1.807, 2.05) is 0 Å². The Morgan fingerprint density at radius 2 is 1.80 bits per heavy atom. The van der Waals surface area contributed by atoms with Crippen LogP contribution < -0.4 is 0 Å². The lowest BCUT2D eigenvalue weighted by Crippen LogP contribution is -2.46. The largest absolute Gasteiger partial charge is 0.467 e. The Hall–Kier alpha value is -2.14. The number of methoxy groups -OCH3 is 1. The van der Waals surface area contributed by atoms with Crippen molar-refractivity contribution in [2.45, 2.75) is 6.04 Å². The number of hydrogen-bond acceptors (Lipinski definition) is 4. The standard InChI is InChI=1S/C14H12ClNO4/c1-8(7-15)11(14(19)20-2)16-12(17)9-5-3-4-6-10(9)13(16)18/h3-6,11H,1,7H2,2H3/t11-/m0/s1. The zero-order chi connectivity index (χ0) is 14.9. The molecule has 1 aliphatic heterocycles. The van der Waals surface area contributed by atoms with E-state index in [4.69, 9.17) is 11.6 Å². The van der Waals surface area contributed by atoms with Crippen molar-refractivity contribution in [3.05, 3.63) is 47.5 Å². The number of carbonyl (C=O) groups is 3. The van der Waals surface area contributed by atoms with E-state index < -0.39 is 23.8 Å². The van der Waals surface area contributed by atoms with E-state index in [9.17, 15) is 14.4 Å². The van der Waals surface area contributed by atoms with E-state index in [1.165, 1.54) is 19.2 Å². The van der Waals surface area contributed by atoms with Crippen LogP contribution in [0.5, 0.6) is 0 Å². The monoisotopic (exact) mass is 293 g/mol. The fourth-order valence-corrected chi connectivity index (χ4v) is 2.23. The molecule has 0 saturated heterocycles. The van der Waals surface area contributed by atoms with Crippen LogP contribution in [0.4, 0.5) is 0 Å². The van der Waals surface area contributed by atoms with Crippen LogP contribution in [0.2, 0.25) is 0 Å². The SMILES string of the molecule is C=C(CCl)[C@@H](C(=O)OC)N1C(=O)c2ccccc2C1=O. The van der Waals surface area contributed by atoms with E-state index >= 15 is 0 Å². The highest BCUT2D eigenvalue weighted by Crippen LogP contribution is 2.27. The van der Waals surface area contributed by atoms with E-state index in [0.717, 1.165) is 4.90 Å². The maximum absolute atomic E-state index is 12.3. The topological polar surface area (TPSA) is 63.7 Å². The Kier molecular flexibility index (Phi) is 3.90. The van der Waals surface area contributed by atoms with E-state index in [2.05, 4.69) is 11.3 Å². The number of carbonyl (C=O) groups excluding carboxylic acids is 3. The average Bonchev–Trinajstić information content (AvgIpc) is 2.72. The molecule has 0 N–H and O–H groups in total. The quantitative estimate of drug-likeness (QED) is 0.366. The highest BCUT2D eigenvalue weighted by atomic mass is 35.5. The minimum absolute atomic E-state index is 0.0623. The van der Waals surface area contributed by atoms with Crippen LogP contribution in [-0.2, 0) is 9.53 Å².